The van der Waals surface area contributed by atoms with Crippen molar-refractivity contribution >= 4 is 6.09 Å². The van der Waals surface area contributed by atoms with E-state index in [1.807, 2.05) is 6.08 Å². The Hall–Kier alpha value is -1.29. The van der Waals surface area contributed by atoms with Gasteiger partial charge in [0.15, 0.2) is 0 Å². The molecule has 1 aliphatic carbocycles. The van der Waals surface area contributed by atoms with E-state index in [-0.39, 0.29) is 6.10 Å². The van der Waals surface area contributed by atoms with E-state index in [9.17, 15) is 4.79 Å². The number of carbonyl (C=O) groups excluding carboxylic acids is 1. The Morgan fingerprint density at radius 1 is 1.47 bits per heavy atom. The lowest BCUT2D eigenvalue weighted by atomic mass is 9.97. The van der Waals surface area contributed by atoms with Crippen LogP contribution < -0.4 is 5.73 Å². The molecule has 0 radical (unpaired) electrons. The van der Waals surface area contributed by atoms with Crippen LogP contribution in [0, 0.1) is 0 Å². The lowest BCUT2D eigenvalue weighted by molar-refractivity contribution is 0.129. The number of amides is 1. The molecule has 4 nitrogen and oxygen atoms in total. The van der Waals surface area contributed by atoms with Crippen LogP contribution in [0.3, 0.4) is 0 Å². The zero-order valence-electron chi connectivity index (χ0n) is 11.7. The fraction of sp³-hybridized carbons (Fsp3) is 0.667. The zero-order valence-corrected chi connectivity index (χ0v) is 11.7. The second kappa shape index (κ2) is 6.75. The van der Waals surface area contributed by atoms with Gasteiger partial charge in [0, 0.05) is 12.5 Å². The van der Waals surface area contributed by atoms with Gasteiger partial charge in [0.1, 0.15) is 6.10 Å². The van der Waals surface area contributed by atoms with Crippen LogP contribution in [0.2, 0.25) is 0 Å². The molecule has 1 fully saturated rings. The van der Waals surface area contributed by atoms with Crippen molar-refractivity contribution in [1.29, 1.82) is 0 Å². The lowest BCUT2D eigenvalue weighted by Gasteiger charge is -2.33. The van der Waals surface area contributed by atoms with Gasteiger partial charge >= 0.3 is 6.09 Å². The van der Waals surface area contributed by atoms with Crippen molar-refractivity contribution in [3.63, 3.8) is 0 Å². The van der Waals surface area contributed by atoms with E-state index in [2.05, 4.69) is 24.0 Å². The van der Waals surface area contributed by atoms with E-state index in [1.165, 1.54) is 37.9 Å². The van der Waals surface area contributed by atoms with Crippen LogP contribution in [0.1, 0.15) is 39.0 Å². The van der Waals surface area contributed by atoms with Crippen LogP contribution in [0.15, 0.2) is 23.8 Å². The van der Waals surface area contributed by atoms with Crippen LogP contribution >= 0.6 is 0 Å². The summed E-state index contributed by atoms with van der Waals surface area (Å²) < 4.78 is 4.96. The molecule has 2 N–H and O–H groups in total. The number of hydrogen-bond acceptors (Lipinski definition) is 3. The smallest absolute Gasteiger partial charge is 0.405 e. The second-order valence-electron chi connectivity index (χ2n) is 5.50. The fourth-order valence-corrected chi connectivity index (χ4v) is 2.86. The molecule has 1 amide bonds. The molecule has 2 unspecified atom stereocenters. The molecule has 1 aliphatic heterocycles. The largest absolute Gasteiger partial charge is 0.442 e. The molecule has 4 heteroatoms. The average Bonchev–Trinajstić information content (AvgIpc) is 2.41. The molecule has 0 spiro atoms. The predicted molar refractivity (Wildman–Crippen MR) is 75.8 cm³/mol. The summed E-state index contributed by atoms with van der Waals surface area (Å²) in [4.78, 5) is 13.2. The second-order valence-corrected chi connectivity index (χ2v) is 5.50. The molecule has 19 heavy (non-hydrogen) atoms. The summed E-state index contributed by atoms with van der Waals surface area (Å²) in [7, 11) is 0. The number of rotatable bonds is 4. The minimum absolute atomic E-state index is 0.188. The number of ether oxygens (including phenoxy) is 1. The molecule has 0 bridgehead atoms. The standard InChI is InChI=1S/C15H24N2O2/c1-12(17-9-3-2-4-10-17)11-13-5-7-14(8-6-13)19-15(16)18/h5-7,12,14H,2-4,8-11H2,1H3,(H2,16,18). The van der Waals surface area contributed by atoms with Gasteiger partial charge in [-0.2, -0.15) is 0 Å². The highest BCUT2D eigenvalue weighted by molar-refractivity contribution is 5.65. The number of carbonyl (C=O) groups is 1. The van der Waals surface area contributed by atoms with E-state index < -0.39 is 6.09 Å². The summed E-state index contributed by atoms with van der Waals surface area (Å²) in [6.45, 7) is 4.75. The topological polar surface area (TPSA) is 55.6 Å². The van der Waals surface area contributed by atoms with E-state index in [4.69, 9.17) is 10.5 Å². The Bertz CT molecular complexity index is 370. The maximum atomic E-state index is 10.7. The van der Waals surface area contributed by atoms with Gasteiger partial charge in [-0.3, -0.25) is 0 Å². The fourth-order valence-electron chi connectivity index (χ4n) is 2.86. The summed E-state index contributed by atoms with van der Waals surface area (Å²) in [5.41, 5.74) is 6.35. The van der Waals surface area contributed by atoms with Crippen LogP contribution in [0.5, 0.6) is 0 Å². The number of allylic oxidation sites excluding steroid dienone is 1. The normalized spacial score (nSPS) is 25.7. The Morgan fingerprint density at radius 2 is 2.21 bits per heavy atom. The quantitative estimate of drug-likeness (QED) is 0.849. The molecule has 2 atom stereocenters. The van der Waals surface area contributed by atoms with Crippen molar-refractivity contribution < 1.29 is 9.53 Å². The van der Waals surface area contributed by atoms with E-state index in [0.29, 0.717) is 6.04 Å². The third kappa shape index (κ3) is 4.39. The number of piperidine rings is 1. The maximum Gasteiger partial charge on any atom is 0.405 e. The van der Waals surface area contributed by atoms with Crippen LogP contribution in [-0.4, -0.2) is 36.2 Å². The Labute approximate surface area is 115 Å². The molecule has 1 heterocycles. The highest BCUT2D eigenvalue weighted by Crippen LogP contribution is 2.21. The van der Waals surface area contributed by atoms with E-state index in [0.717, 1.165) is 12.8 Å². The van der Waals surface area contributed by atoms with Crippen LogP contribution in [-0.2, 0) is 4.74 Å². The molecule has 0 saturated carbocycles. The first kappa shape index (κ1) is 14.1. The van der Waals surface area contributed by atoms with Crippen molar-refractivity contribution in [2.45, 2.75) is 51.2 Å². The minimum atomic E-state index is -0.701. The summed E-state index contributed by atoms with van der Waals surface area (Å²) in [6, 6.07) is 0.588. The van der Waals surface area contributed by atoms with Gasteiger partial charge in [0.25, 0.3) is 0 Å². The average molecular weight is 264 g/mol. The molecular formula is C15H24N2O2. The van der Waals surface area contributed by atoms with Crippen LogP contribution in [0.25, 0.3) is 0 Å². The summed E-state index contributed by atoms with van der Waals surface area (Å²) in [5, 5.41) is 0. The van der Waals surface area contributed by atoms with Gasteiger partial charge in [-0.05, 0) is 45.4 Å². The zero-order chi connectivity index (χ0) is 13.7. The summed E-state index contributed by atoms with van der Waals surface area (Å²) in [5.74, 6) is 0. The summed E-state index contributed by atoms with van der Waals surface area (Å²) in [6.07, 6.45) is 11.1. The highest BCUT2D eigenvalue weighted by atomic mass is 16.6. The van der Waals surface area contributed by atoms with Gasteiger partial charge in [-0.25, -0.2) is 4.79 Å². The molecule has 106 valence electrons. The maximum absolute atomic E-state index is 10.7. The van der Waals surface area contributed by atoms with Crippen molar-refractivity contribution in [2.24, 2.45) is 5.73 Å². The van der Waals surface area contributed by atoms with Gasteiger partial charge in [0.2, 0.25) is 0 Å². The minimum Gasteiger partial charge on any atom is -0.442 e. The summed E-state index contributed by atoms with van der Waals surface area (Å²) >= 11 is 0. The van der Waals surface area contributed by atoms with Gasteiger partial charge in [-0.15, -0.1) is 0 Å². The number of likely N-dealkylation sites (tertiary alicyclic amines) is 1. The monoisotopic (exact) mass is 264 g/mol. The van der Waals surface area contributed by atoms with Gasteiger partial charge in [0.05, 0.1) is 0 Å². The van der Waals surface area contributed by atoms with Crippen molar-refractivity contribution in [1.82, 2.24) is 4.90 Å². The van der Waals surface area contributed by atoms with Gasteiger partial charge in [-0.1, -0.05) is 24.1 Å². The first-order valence-electron chi connectivity index (χ1n) is 7.22. The molecule has 0 aromatic carbocycles. The molecular weight excluding hydrogens is 240 g/mol. The van der Waals surface area contributed by atoms with E-state index in [1.54, 1.807) is 0 Å². The first-order chi connectivity index (χ1) is 9.15. The van der Waals surface area contributed by atoms with Crippen molar-refractivity contribution in [3.05, 3.63) is 23.8 Å². The number of primary amides is 1. The Kier molecular flexibility index (Phi) is 5.02. The first-order valence-corrected chi connectivity index (χ1v) is 7.22. The Morgan fingerprint density at radius 3 is 2.79 bits per heavy atom. The predicted octanol–water partition coefficient (Wildman–Crippen LogP) is 2.60. The van der Waals surface area contributed by atoms with Crippen molar-refractivity contribution in [3.8, 4) is 0 Å². The molecule has 0 aromatic rings. The Balaban J connectivity index is 1.79. The number of nitrogens with zero attached hydrogens (tertiary/aromatic N) is 1. The third-order valence-electron chi connectivity index (χ3n) is 3.95. The lowest BCUT2D eigenvalue weighted by Crippen LogP contribution is -2.37. The highest BCUT2D eigenvalue weighted by Gasteiger charge is 2.18. The molecule has 0 aromatic heterocycles. The van der Waals surface area contributed by atoms with E-state index >= 15 is 0 Å². The van der Waals surface area contributed by atoms with Gasteiger partial charge < -0.3 is 15.4 Å². The van der Waals surface area contributed by atoms with Crippen molar-refractivity contribution in [2.75, 3.05) is 13.1 Å². The third-order valence-corrected chi connectivity index (χ3v) is 3.95. The molecule has 2 rings (SSSR count). The molecule has 1 saturated heterocycles. The SMILES string of the molecule is CC(CC1=CCC(OC(N)=O)C=C1)N1CCCCC1. The molecule has 2 aliphatic rings. The number of hydrogen-bond donors (Lipinski definition) is 1. The number of nitrogens with two attached hydrogens (primary N) is 1. The van der Waals surface area contributed by atoms with Crippen LogP contribution in [0.4, 0.5) is 4.79 Å².